The Bertz CT molecular complexity index is 348. The van der Waals surface area contributed by atoms with Gasteiger partial charge in [0.25, 0.3) is 0 Å². The average Bonchev–Trinajstić information content (AvgIpc) is 3.04. The monoisotopic (exact) mass is 276 g/mol. The van der Waals surface area contributed by atoms with E-state index in [0.29, 0.717) is 19.1 Å². The lowest BCUT2D eigenvalue weighted by atomic mass is 10.0. The Kier molecular flexibility index (Phi) is 5.62. The van der Waals surface area contributed by atoms with E-state index in [0.717, 1.165) is 12.8 Å². The predicted octanol–water partition coefficient (Wildman–Crippen LogP) is 1.87. The van der Waals surface area contributed by atoms with Crippen molar-refractivity contribution in [3.63, 3.8) is 0 Å². The van der Waals surface area contributed by atoms with Crippen molar-refractivity contribution in [3.05, 3.63) is 0 Å². The van der Waals surface area contributed by atoms with Crippen LogP contribution >= 0.6 is 0 Å². The zero-order valence-corrected chi connectivity index (χ0v) is 12.9. The molecule has 18 heavy (non-hydrogen) atoms. The molecule has 0 aromatic heterocycles. The first kappa shape index (κ1) is 15.9. The maximum Gasteiger partial charge on any atom is 0.215 e. The highest BCUT2D eigenvalue weighted by molar-refractivity contribution is 7.90. The van der Waals surface area contributed by atoms with Crippen LogP contribution in [0.4, 0.5) is 0 Å². The highest BCUT2D eigenvalue weighted by Gasteiger charge is 2.42. The molecule has 1 rings (SSSR count). The van der Waals surface area contributed by atoms with Crippen LogP contribution in [-0.2, 0) is 10.0 Å². The molecule has 0 spiro atoms. The first-order chi connectivity index (χ1) is 8.31. The molecule has 5 heteroatoms. The smallest absolute Gasteiger partial charge is 0.215 e. The highest BCUT2D eigenvalue weighted by atomic mass is 32.2. The maximum atomic E-state index is 12.1. The largest absolute Gasteiger partial charge is 0.313 e. The van der Waals surface area contributed by atoms with Crippen molar-refractivity contribution < 1.29 is 8.42 Å². The van der Waals surface area contributed by atoms with Gasteiger partial charge in [0, 0.05) is 19.1 Å². The SMILES string of the molecule is CCCC1(CNS(=O)(=O)C(C)CNC(C)C)CC1. The summed E-state index contributed by atoms with van der Waals surface area (Å²) in [4.78, 5) is 0. The predicted molar refractivity (Wildman–Crippen MR) is 76.1 cm³/mol. The molecule has 1 aliphatic rings. The van der Waals surface area contributed by atoms with E-state index >= 15 is 0 Å². The Morgan fingerprint density at radius 3 is 2.28 bits per heavy atom. The summed E-state index contributed by atoms with van der Waals surface area (Å²) in [5, 5.41) is 2.79. The fourth-order valence-electron chi connectivity index (χ4n) is 2.13. The van der Waals surface area contributed by atoms with Gasteiger partial charge in [-0.3, -0.25) is 0 Å². The zero-order chi connectivity index (χ0) is 13.8. The van der Waals surface area contributed by atoms with Gasteiger partial charge in [-0.2, -0.15) is 0 Å². The van der Waals surface area contributed by atoms with Gasteiger partial charge >= 0.3 is 0 Å². The van der Waals surface area contributed by atoms with Crippen molar-refractivity contribution >= 4 is 10.0 Å². The van der Waals surface area contributed by atoms with Gasteiger partial charge in [0.1, 0.15) is 0 Å². The molecule has 2 N–H and O–H groups in total. The molecule has 1 atom stereocenters. The topological polar surface area (TPSA) is 58.2 Å². The lowest BCUT2D eigenvalue weighted by Gasteiger charge is -2.19. The third kappa shape index (κ3) is 4.86. The summed E-state index contributed by atoms with van der Waals surface area (Å²) in [6, 6.07) is 0.317. The Hall–Kier alpha value is -0.130. The van der Waals surface area contributed by atoms with Crippen molar-refractivity contribution in [1.82, 2.24) is 10.0 Å². The standard InChI is InChI=1S/C13H28N2O2S/c1-5-6-13(7-8-13)10-15-18(16,17)12(4)9-14-11(2)3/h11-12,14-15H,5-10H2,1-4H3. The normalized spacial score (nSPS) is 20.1. The summed E-state index contributed by atoms with van der Waals surface area (Å²) < 4.78 is 26.9. The third-order valence-electron chi connectivity index (χ3n) is 3.73. The van der Waals surface area contributed by atoms with Crippen molar-refractivity contribution in [2.45, 2.75) is 64.7 Å². The van der Waals surface area contributed by atoms with Crippen LogP contribution in [0.2, 0.25) is 0 Å². The van der Waals surface area contributed by atoms with Crippen LogP contribution < -0.4 is 10.0 Å². The van der Waals surface area contributed by atoms with Crippen LogP contribution in [0.1, 0.15) is 53.4 Å². The van der Waals surface area contributed by atoms with Crippen LogP contribution in [0.25, 0.3) is 0 Å². The second-order valence-corrected chi connectivity index (χ2v) is 8.17. The summed E-state index contributed by atoms with van der Waals surface area (Å²) in [6.45, 7) is 9.09. The molecule has 4 nitrogen and oxygen atoms in total. The molecule has 108 valence electrons. The van der Waals surface area contributed by atoms with E-state index in [1.165, 1.54) is 12.8 Å². The second kappa shape index (κ2) is 6.35. The minimum atomic E-state index is -3.18. The fourth-order valence-corrected chi connectivity index (χ4v) is 3.24. The third-order valence-corrected chi connectivity index (χ3v) is 5.50. The fraction of sp³-hybridized carbons (Fsp3) is 1.00. The van der Waals surface area contributed by atoms with Crippen LogP contribution in [0.5, 0.6) is 0 Å². The molecular weight excluding hydrogens is 248 g/mol. The van der Waals surface area contributed by atoms with Crippen LogP contribution in [-0.4, -0.2) is 32.8 Å². The van der Waals surface area contributed by atoms with Gasteiger partial charge in [-0.15, -0.1) is 0 Å². The first-order valence-corrected chi connectivity index (χ1v) is 8.58. The molecule has 1 saturated carbocycles. The van der Waals surface area contributed by atoms with Crippen molar-refractivity contribution in [2.24, 2.45) is 5.41 Å². The Morgan fingerprint density at radius 1 is 1.22 bits per heavy atom. The van der Waals surface area contributed by atoms with Gasteiger partial charge in [0.05, 0.1) is 5.25 Å². The molecule has 0 amide bonds. The van der Waals surface area contributed by atoms with Gasteiger partial charge in [0.2, 0.25) is 10.0 Å². The Labute approximate surface area is 112 Å². The van der Waals surface area contributed by atoms with Gasteiger partial charge in [-0.05, 0) is 31.6 Å². The number of hydrogen-bond acceptors (Lipinski definition) is 3. The van der Waals surface area contributed by atoms with E-state index in [4.69, 9.17) is 0 Å². The average molecular weight is 276 g/mol. The summed E-state index contributed by atoms with van der Waals surface area (Å²) >= 11 is 0. The van der Waals surface area contributed by atoms with Gasteiger partial charge in [-0.25, -0.2) is 13.1 Å². The van der Waals surface area contributed by atoms with Crippen molar-refractivity contribution in [3.8, 4) is 0 Å². The molecule has 0 radical (unpaired) electrons. The van der Waals surface area contributed by atoms with E-state index in [-0.39, 0.29) is 10.7 Å². The lowest BCUT2D eigenvalue weighted by Crippen LogP contribution is -2.42. The van der Waals surface area contributed by atoms with Gasteiger partial charge < -0.3 is 5.32 Å². The van der Waals surface area contributed by atoms with E-state index in [1.807, 2.05) is 13.8 Å². The molecule has 0 aromatic rings. The molecule has 1 fully saturated rings. The lowest BCUT2D eigenvalue weighted by molar-refractivity contribution is 0.446. The molecule has 1 aliphatic carbocycles. The van der Waals surface area contributed by atoms with Gasteiger partial charge in [0.15, 0.2) is 0 Å². The van der Waals surface area contributed by atoms with E-state index in [2.05, 4.69) is 17.0 Å². The summed E-state index contributed by atoms with van der Waals surface area (Å²) in [5.41, 5.74) is 0.271. The molecule has 0 heterocycles. The number of sulfonamides is 1. The Balaban J connectivity index is 2.39. The molecule has 0 bridgehead atoms. The molecular formula is C13H28N2O2S. The maximum absolute atomic E-state index is 12.1. The van der Waals surface area contributed by atoms with Crippen LogP contribution in [0.3, 0.4) is 0 Å². The van der Waals surface area contributed by atoms with Crippen LogP contribution in [0, 0.1) is 5.41 Å². The molecule has 1 unspecified atom stereocenters. The molecule has 0 saturated heterocycles. The highest BCUT2D eigenvalue weighted by Crippen LogP contribution is 2.49. The van der Waals surface area contributed by atoms with E-state index in [9.17, 15) is 8.42 Å². The minimum Gasteiger partial charge on any atom is -0.313 e. The number of rotatable bonds is 9. The van der Waals surface area contributed by atoms with Gasteiger partial charge in [-0.1, -0.05) is 27.2 Å². The first-order valence-electron chi connectivity index (χ1n) is 7.03. The van der Waals surface area contributed by atoms with Crippen molar-refractivity contribution in [2.75, 3.05) is 13.1 Å². The van der Waals surface area contributed by atoms with Crippen molar-refractivity contribution in [1.29, 1.82) is 0 Å². The quantitative estimate of drug-likeness (QED) is 0.676. The summed E-state index contributed by atoms with van der Waals surface area (Å²) in [5.74, 6) is 0. The molecule has 0 aliphatic heterocycles. The zero-order valence-electron chi connectivity index (χ0n) is 12.1. The number of hydrogen-bond donors (Lipinski definition) is 2. The molecule has 0 aromatic carbocycles. The summed E-state index contributed by atoms with van der Waals surface area (Å²) in [6.07, 6.45) is 4.60. The van der Waals surface area contributed by atoms with E-state index < -0.39 is 10.0 Å². The number of nitrogens with one attached hydrogen (secondary N) is 2. The summed E-state index contributed by atoms with van der Waals surface area (Å²) in [7, 11) is -3.18. The van der Waals surface area contributed by atoms with E-state index in [1.54, 1.807) is 6.92 Å². The second-order valence-electron chi connectivity index (χ2n) is 5.99. The minimum absolute atomic E-state index is 0.271. The van der Waals surface area contributed by atoms with Crippen LogP contribution in [0.15, 0.2) is 0 Å². The Morgan fingerprint density at radius 2 is 1.83 bits per heavy atom.